The molecule has 1 heterocycles. The molecule has 0 amide bonds. The molecule has 0 N–H and O–H groups in total. The summed E-state index contributed by atoms with van der Waals surface area (Å²) in [6.07, 6.45) is 0. The van der Waals surface area contributed by atoms with Gasteiger partial charge in [0, 0.05) is 38.8 Å². The largest absolute Gasteiger partial charge is 0.310 e. The van der Waals surface area contributed by atoms with Gasteiger partial charge in [-0.05, 0) is 98.3 Å². The number of rotatable bonds is 5. The lowest BCUT2D eigenvalue weighted by Crippen LogP contribution is -2.17. The molecule has 55 heavy (non-hydrogen) atoms. The fraction of sp³-hybridized carbons (Fsp3) is 0.208. The lowest BCUT2D eigenvalue weighted by molar-refractivity contribution is 0.568. The molecular formula is C53H50N2. The summed E-state index contributed by atoms with van der Waals surface area (Å²) in [5.41, 5.74) is 17.4. The molecule has 0 saturated carbocycles. The lowest BCUT2D eigenvalue weighted by atomic mass is 9.80. The first-order valence-electron chi connectivity index (χ1n) is 19.7. The third-order valence-corrected chi connectivity index (χ3v) is 11.9. The summed E-state index contributed by atoms with van der Waals surface area (Å²) in [6, 6.07) is 58.8. The third kappa shape index (κ3) is 5.78. The molecule has 0 saturated heterocycles. The Balaban J connectivity index is 1.32. The van der Waals surface area contributed by atoms with Crippen LogP contribution in [0.1, 0.15) is 77.6 Å². The highest BCUT2D eigenvalue weighted by molar-refractivity contribution is 6.10. The van der Waals surface area contributed by atoms with E-state index in [1.165, 1.54) is 77.7 Å². The summed E-state index contributed by atoms with van der Waals surface area (Å²) in [6.45, 7) is 18.7. The second-order valence-corrected chi connectivity index (χ2v) is 17.9. The SMILES string of the molecule is CC(C)(C)c1cc(-n2c3ccccc3c3ccc(N(c4ccc(-c5ccccc5)cc4)c4cccc5c4-c4ccccc4C5(C)C)cc32)cc(C(C)(C)C)c1. The quantitative estimate of drug-likeness (QED) is 0.172. The van der Waals surface area contributed by atoms with Crippen LogP contribution in [0.2, 0.25) is 0 Å². The second kappa shape index (κ2) is 12.6. The molecule has 0 unspecified atom stereocenters. The fourth-order valence-electron chi connectivity index (χ4n) is 8.76. The van der Waals surface area contributed by atoms with Crippen LogP contribution in [0.5, 0.6) is 0 Å². The van der Waals surface area contributed by atoms with E-state index in [2.05, 4.69) is 223 Å². The number of hydrogen-bond donors (Lipinski definition) is 0. The van der Waals surface area contributed by atoms with Crippen molar-refractivity contribution < 1.29 is 0 Å². The van der Waals surface area contributed by atoms with Gasteiger partial charge in [-0.3, -0.25) is 0 Å². The van der Waals surface area contributed by atoms with E-state index in [0.717, 1.165) is 11.4 Å². The number of benzene rings is 7. The molecule has 9 rings (SSSR count). The van der Waals surface area contributed by atoms with Gasteiger partial charge < -0.3 is 9.47 Å². The molecular weight excluding hydrogens is 665 g/mol. The minimum atomic E-state index is -0.107. The van der Waals surface area contributed by atoms with E-state index in [4.69, 9.17) is 0 Å². The number of fused-ring (bicyclic) bond motifs is 6. The second-order valence-electron chi connectivity index (χ2n) is 17.9. The summed E-state index contributed by atoms with van der Waals surface area (Å²) in [5.74, 6) is 0. The first-order valence-corrected chi connectivity index (χ1v) is 19.7. The highest BCUT2D eigenvalue weighted by Crippen LogP contribution is 2.54. The van der Waals surface area contributed by atoms with Crippen LogP contribution in [-0.4, -0.2) is 4.57 Å². The van der Waals surface area contributed by atoms with Crippen molar-refractivity contribution in [3.05, 3.63) is 180 Å². The van der Waals surface area contributed by atoms with E-state index >= 15 is 0 Å². The average Bonchev–Trinajstić information content (AvgIpc) is 3.63. The zero-order chi connectivity index (χ0) is 38.3. The first kappa shape index (κ1) is 34.9. The Morgan fingerprint density at radius 3 is 1.76 bits per heavy atom. The summed E-state index contributed by atoms with van der Waals surface area (Å²) >= 11 is 0. The van der Waals surface area contributed by atoms with Gasteiger partial charge >= 0.3 is 0 Å². The van der Waals surface area contributed by atoms with E-state index < -0.39 is 0 Å². The van der Waals surface area contributed by atoms with E-state index in [1.807, 2.05) is 0 Å². The predicted molar refractivity (Wildman–Crippen MR) is 236 cm³/mol. The van der Waals surface area contributed by atoms with Gasteiger partial charge in [0.05, 0.1) is 16.7 Å². The van der Waals surface area contributed by atoms with Gasteiger partial charge in [-0.15, -0.1) is 0 Å². The van der Waals surface area contributed by atoms with Crippen molar-refractivity contribution in [3.63, 3.8) is 0 Å². The van der Waals surface area contributed by atoms with Crippen LogP contribution >= 0.6 is 0 Å². The zero-order valence-electron chi connectivity index (χ0n) is 33.4. The van der Waals surface area contributed by atoms with Crippen LogP contribution in [0.25, 0.3) is 49.7 Å². The highest BCUT2D eigenvalue weighted by atomic mass is 15.1. The molecule has 7 aromatic carbocycles. The van der Waals surface area contributed by atoms with Crippen molar-refractivity contribution in [1.29, 1.82) is 0 Å². The number of anilines is 3. The number of hydrogen-bond acceptors (Lipinski definition) is 1. The average molecular weight is 715 g/mol. The predicted octanol–water partition coefficient (Wildman–Crippen LogP) is 14.8. The third-order valence-electron chi connectivity index (χ3n) is 11.9. The molecule has 0 bridgehead atoms. The van der Waals surface area contributed by atoms with Crippen LogP contribution in [0.3, 0.4) is 0 Å². The maximum atomic E-state index is 2.50. The van der Waals surface area contributed by atoms with Gasteiger partial charge in [0.1, 0.15) is 0 Å². The Bertz CT molecular complexity index is 2700. The van der Waals surface area contributed by atoms with Crippen molar-refractivity contribution in [1.82, 2.24) is 4.57 Å². The Labute approximate surface area is 326 Å². The van der Waals surface area contributed by atoms with Crippen LogP contribution in [0, 0.1) is 0 Å². The molecule has 1 aromatic heterocycles. The van der Waals surface area contributed by atoms with Gasteiger partial charge in [0.25, 0.3) is 0 Å². The minimum absolute atomic E-state index is 0.000395. The van der Waals surface area contributed by atoms with Crippen LogP contribution < -0.4 is 4.90 Å². The van der Waals surface area contributed by atoms with Gasteiger partial charge in [-0.2, -0.15) is 0 Å². The molecule has 1 aliphatic carbocycles. The van der Waals surface area contributed by atoms with E-state index in [1.54, 1.807) is 0 Å². The lowest BCUT2D eigenvalue weighted by Gasteiger charge is -2.29. The standard InChI is InChI=1S/C53H50N2/c1-51(2,3)37-31-38(52(4,5)6)33-41(32-37)55-47-23-15-13-19-42(47)43-30-29-40(34-49(43)55)54(39-27-25-36(26-28-39)35-17-10-9-11-18-35)48-24-16-22-46-50(48)44-20-12-14-21-45(44)53(46,7)8/h9-34H,1-8H3. The molecule has 0 aliphatic heterocycles. The smallest absolute Gasteiger partial charge is 0.0561 e. The van der Waals surface area contributed by atoms with Gasteiger partial charge in [-0.25, -0.2) is 0 Å². The molecule has 2 nitrogen and oxygen atoms in total. The molecule has 8 aromatic rings. The Hall–Kier alpha value is -5.86. The Morgan fingerprint density at radius 1 is 0.473 bits per heavy atom. The van der Waals surface area contributed by atoms with Gasteiger partial charge in [0.2, 0.25) is 0 Å². The topological polar surface area (TPSA) is 8.17 Å². The zero-order valence-corrected chi connectivity index (χ0v) is 33.4. The molecule has 0 radical (unpaired) electrons. The number of nitrogens with zero attached hydrogens (tertiary/aromatic N) is 2. The maximum Gasteiger partial charge on any atom is 0.0561 e. The molecule has 2 heteroatoms. The van der Waals surface area contributed by atoms with Gasteiger partial charge in [-0.1, -0.05) is 165 Å². The molecule has 0 atom stereocenters. The fourth-order valence-corrected chi connectivity index (χ4v) is 8.76. The highest BCUT2D eigenvalue weighted by Gasteiger charge is 2.37. The summed E-state index contributed by atoms with van der Waals surface area (Å²) in [4.78, 5) is 2.49. The van der Waals surface area contributed by atoms with Crippen molar-refractivity contribution in [2.75, 3.05) is 4.90 Å². The van der Waals surface area contributed by atoms with Crippen LogP contribution in [0.15, 0.2) is 158 Å². The number of para-hydroxylation sites is 1. The minimum Gasteiger partial charge on any atom is -0.310 e. The Kier molecular flexibility index (Phi) is 7.99. The Morgan fingerprint density at radius 2 is 1.05 bits per heavy atom. The van der Waals surface area contributed by atoms with Crippen LogP contribution in [0.4, 0.5) is 17.1 Å². The summed E-state index contributed by atoms with van der Waals surface area (Å²) in [5, 5.41) is 2.51. The monoisotopic (exact) mass is 714 g/mol. The van der Waals surface area contributed by atoms with E-state index in [9.17, 15) is 0 Å². The summed E-state index contributed by atoms with van der Waals surface area (Å²) < 4.78 is 2.50. The van der Waals surface area contributed by atoms with E-state index in [-0.39, 0.29) is 16.2 Å². The van der Waals surface area contributed by atoms with Crippen molar-refractivity contribution in [3.8, 4) is 27.9 Å². The number of aromatic nitrogens is 1. The molecule has 272 valence electrons. The van der Waals surface area contributed by atoms with Crippen molar-refractivity contribution >= 4 is 38.9 Å². The van der Waals surface area contributed by atoms with Crippen molar-refractivity contribution in [2.45, 2.75) is 71.6 Å². The van der Waals surface area contributed by atoms with Crippen LogP contribution in [-0.2, 0) is 16.2 Å². The van der Waals surface area contributed by atoms with E-state index in [0.29, 0.717) is 0 Å². The van der Waals surface area contributed by atoms with Crippen molar-refractivity contribution in [2.24, 2.45) is 0 Å². The molecule has 0 spiro atoms. The maximum absolute atomic E-state index is 2.50. The first-order chi connectivity index (χ1) is 26.3. The molecule has 0 fully saturated rings. The van der Waals surface area contributed by atoms with Gasteiger partial charge in [0.15, 0.2) is 0 Å². The summed E-state index contributed by atoms with van der Waals surface area (Å²) in [7, 11) is 0. The normalized spacial score (nSPS) is 13.6. The molecule has 1 aliphatic rings.